The molecule has 0 spiro atoms. The molecule has 0 aliphatic heterocycles. The van der Waals surface area contributed by atoms with E-state index in [1.165, 1.54) is 0 Å². The number of guanidine groups is 1. The summed E-state index contributed by atoms with van der Waals surface area (Å²) in [5.74, 6) is 1.63. The molecule has 0 aliphatic rings. The third-order valence-electron chi connectivity index (χ3n) is 2.59. The number of hydrogen-bond acceptors (Lipinski definition) is 3. The normalized spacial score (nSPS) is 10.7. The van der Waals surface area contributed by atoms with Crippen LogP contribution in [0.4, 0.5) is 0 Å². The van der Waals surface area contributed by atoms with Gasteiger partial charge in [0.25, 0.3) is 0 Å². The summed E-state index contributed by atoms with van der Waals surface area (Å²) >= 11 is 0. The van der Waals surface area contributed by atoms with Crippen LogP contribution in [0.25, 0.3) is 0 Å². The number of hydrogen-bond donors (Lipinski definition) is 3. The van der Waals surface area contributed by atoms with Crippen molar-refractivity contribution in [1.29, 1.82) is 0 Å². The van der Waals surface area contributed by atoms with Gasteiger partial charge in [0.1, 0.15) is 5.75 Å². The van der Waals surface area contributed by atoms with Gasteiger partial charge in [-0.2, -0.15) is 0 Å². The molecule has 5 nitrogen and oxygen atoms in total. The molecule has 0 fully saturated rings. The lowest BCUT2D eigenvalue weighted by atomic mass is 10.1. The summed E-state index contributed by atoms with van der Waals surface area (Å²) in [6.45, 7) is 4.03. The molecule has 114 valence electrons. The van der Waals surface area contributed by atoms with Crippen LogP contribution in [0.3, 0.4) is 0 Å². The number of ether oxygens (including phenoxy) is 1. The van der Waals surface area contributed by atoms with Gasteiger partial charge >= 0.3 is 0 Å². The fourth-order valence-corrected chi connectivity index (χ4v) is 1.73. The van der Waals surface area contributed by atoms with Crippen molar-refractivity contribution >= 4 is 29.9 Å². The molecule has 0 aromatic heterocycles. The molecular weight excluding hydrogens is 369 g/mol. The molecule has 1 aromatic rings. The lowest BCUT2D eigenvalue weighted by Gasteiger charge is -2.12. The van der Waals surface area contributed by atoms with E-state index in [-0.39, 0.29) is 30.6 Å². The van der Waals surface area contributed by atoms with Crippen LogP contribution in [0.1, 0.15) is 12.5 Å². The van der Waals surface area contributed by atoms with Crippen LogP contribution in [0.15, 0.2) is 29.3 Å². The molecule has 1 rings (SSSR count). The van der Waals surface area contributed by atoms with Crippen LogP contribution in [0, 0.1) is 0 Å². The van der Waals surface area contributed by atoms with Gasteiger partial charge in [0.15, 0.2) is 5.96 Å². The van der Waals surface area contributed by atoms with Crippen molar-refractivity contribution < 1.29 is 9.84 Å². The Kier molecular flexibility index (Phi) is 11.2. The Morgan fingerprint density at radius 1 is 1.30 bits per heavy atom. The highest BCUT2D eigenvalue weighted by Crippen LogP contribution is 2.17. The SMILES string of the molecule is CCNC(=NCCO)NCCc1ccccc1OC.I. The molecule has 0 heterocycles. The summed E-state index contributed by atoms with van der Waals surface area (Å²) in [6, 6.07) is 7.98. The quantitative estimate of drug-likeness (QED) is 0.372. The Morgan fingerprint density at radius 3 is 2.70 bits per heavy atom. The lowest BCUT2D eigenvalue weighted by Crippen LogP contribution is -2.38. The Bertz CT molecular complexity index is 400. The summed E-state index contributed by atoms with van der Waals surface area (Å²) < 4.78 is 5.31. The molecule has 20 heavy (non-hydrogen) atoms. The standard InChI is InChI=1S/C14H23N3O2.HI/c1-3-15-14(17-10-11-18)16-9-8-12-6-4-5-7-13(12)19-2;/h4-7,18H,3,8-11H2,1-2H3,(H2,15,16,17);1H. The maximum atomic E-state index is 8.78. The van der Waals surface area contributed by atoms with E-state index in [1.807, 2.05) is 25.1 Å². The highest BCUT2D eigenvalue weighted by molar-refractivity contribution is 14.0. The second kappa shape index (κ2) is 11.8. The van der Waals surface area contributed by atoms with E-state index >= 15 is 0 Å². The largest absolute Gasteiger partial charge is 0.496 e. The van der Waals surface area contributed by atoms with Crippen molar-refractivity contribution in [2.24, 2.45) is 4.99 Å². The average Bonchev–Trinajstić information content (AvgIpc) is 2.45. The van der Waals surface area contributed by atoms with Gasteiger partial charge in [0, 0.05) is 13.1 Å². The number of nitrogens with one attached hydrogen (secondary N) is 2. The molecule has 3 N–H and O–H groups in total. The molecule has 0 atom stereocenters. The summed E-state index contributed by atoms with van der Waals surface area (Å²) in [4.78, 5) is 4.22. The Morgan fingerprint density at radius 2 is 2.05 bits per heavy atom. The zero-order chi connectivity index (χ0) is 13.9. The minimum atomic E-state index is 0. The van der Waals surface area contributed by atoms with Crippen LogP contribution >= 0.6 is 24.0 Å². The third-order valence-corrected chi connectivity index (χ3v) is 2.59. The van der Waals surface area contributed by atoms with Gasteiger partial charge in [0.05, 0.1) is 20.3 Å². The Balaban J connectivity index is 0.00000361. The average molecular weight is 393 g/mol. The van der Waals surface area contributed by atoms with E-state index in [0.29, 0.717) is 6.54 Å². The van der Waals surface area contributed by atoms with Crippen LogP contribution in [0.5, 0.6) is 5.75 Å². The maximum absolute atomic E-state index is 8.78. The number of halogens is 1. The van der Waals surface area contributed by atoms with E-state index in [2.05, 4.69) is 21.7 Å². The minimum absolute atomic E-state index is 0. The highest BCUT2D eigenvalue weighted by Gasteiger charge is 2.02. The van der Waals surface area contributed by atoms with E-state index in [1.54, 1.807) is 7.11 Å². The molecular formula is C14H24IN3O2. The topological polar surface area (TPSA) is 65.9 Å². The molecule has 1 aromatic carbocycles. The molecule has 0 radical (unpaired) electrons. The summed E-state index contributed by atoms with van der Waals surface area (Å²) in [5.41, 5.74) is 1.16. The van der Waals surface area contributed by atoms with E-state index in [9.17, 15) is 0 Å². The maximum Gasteiger partial charge on any atom is 0.191 e. The van der Waals surface area contributed by atoms with Crippen LogP contribution in [-0.2, 0) is 6.42 Å². The van der Waals surface area contributed by atoms with Crippen molar-refractivity contribution in [1.82, 2.24) is 10.6 Å². The van der Waals surface area contributed by atoms with E-state index in [4.69, 9.17) is 9.84 Å². The Labute approximate surface area is 137 Å². The molecule has 0 aliphatic carbocycles. The minimum Gasteiger partial charge on any atom is -0.496 e. The van der Waals surface area contributed by atoms with Crippen LogP contribution in [-0.4, -0.2) is 44.4 Å². The second-order valence-electron chi connectivity index (χ2n) is 3.97. The van der Waals surface area contributed by atoms with Crippen molar-refractivity contribution in [2.45, 2.75) is 13.3 Å². The van der Waals surface area contributed by atoms with Gasteiger partial charge in [-0.05, 0) is 25.0 Å². The lowest BCUT2D eigenvalue weighted by molar-refractivity contribution is 0.306. The number of aliphatic hydroxyl groups is 1. The monoisotopic (exact) mass is 393 g/mol. The van der Waals surface area contributed by atoms with E-state index < -0.39 is 0 Å². The smallest absolute Gasteiger partial charge is 0.191 e. The number of rotatable bonds is 7. The predicted octanol–water partition coefficient (Wildman–Crippen LogP) is 1.40. The molecule has 0 amide bonds. The number of aliphatic hydroxyl groups excluding tert-OH is 1. The second-order valence-corrected chi connectivity index (χ2v) is 3.97. The fourth-order valence-electron chi connectivity index (χ4n) is 1.73. The van der Waals surface area contributed by atoms with Gasteiger partial charge in [-0.25, -0.2) is 0 Å². The highest BCUT2D eigenvalue weighted by atomic mass is 127. The molecule has 0 bridgehead atoms. The predicted molar refractivity (Wildman–Crippen MR) is 93.2 cm³/mol. The first-order valence-corrected chi connectivity index (χ1v) is 6.56. The molecule has 0 saturated carbocycles. The molecule has 0 saturated heterocycles. The van der Waals surface area contributed by atoms with Gasteiger partial charge in [-0.1, -0.05) is 18.2 Å². The zero-order valence-electron chi connectivity index (χ0n) is 12.1. The third kappa shape index (κ3) is 6.95. The Hall–Kier alpha value is -1.02. The van der Waals surface area contributed by atoms with Crippen LogP contribution < -0.4 is 15.4 Å². The van der Waals surface area contributed by atoms with Crippen molar-refractivity contribution in [3.63, 3.8) is 0 Å². The number of nitrogens with zero attached hydrogens (tertiary/aromatic N) is 1. The summed E-state index contributed by atoms with van der Waals surface area (Å²) in [6.07, 6.45) is 0.855. The fraction of sp³-hybridized carbons (Fsp3) is 0.500. The van der Waals surface area contributed by atoms with E-state index in [0.717, 1.165) is 36.8 Å². The number of aliphatic imine (C=N–C) groups is 1. The molecule has 0 unspecified atom stereocenters. The van der Waals surface area contributed by atoms with Crippen molar-refractivity contribution in [2.75, 3.05) is 33.4 Å². The van der Waals surface area contributed by atoms with Crippen LogP contribution in [0.2, 0.25) is 0 Å². The first-order valence-electron chi connectivity index (χ1n) is 6.56. The van der Waals surface area contributed by atoms with Gasteiger partial charge in [0.2, 0.25) is 0 Å². The molecule has 6 heteroatoms. The first-order chi connectivity index (χ1) is 9.31. The number of benzene rings is 1. The first kappa shape index (κ1) is 19.0. The van der Waals surface area contributed by atoms with Gasteiger partial charge in [-0.3, -0.25) is 4.99 Å². The van der Waals surface area contributed by atoms with Crippen molar-refractivity contribution in [3.05, 3.63) is 29.8 Å². The number of para-hydroxylation sites is 1. The van der Waals surface area contributed by atoms with Crippen molar-refractivity contribution in [3.8, 4) is 5.75 Å². The van der Waals surface area contributed by atoms with Gasteiger partial charge in [-0.15, -0.1) is 24.0 Å². The number of methoxy groups -OCH3 is 1. The van der Waals surface area contributed by atoms with Gasteiger partial charge < -0.3 is 20.5 Å². The summed E-state index contributed by atoms with van der Waals surface area (Å²) in [5, 5.41) is 15.1. The zero-order valence-corrected chi connectivity index (χ0v) is 14.4. The summed E-state index contributed by atoms with van der Waals surface area (Å²) in [7, 11) is 1.68.